The van der Waals surface area contributed by atoms with Gasteiger partial charge in [0.2, 0.25) is 0 Å². The molecule has 2 rings (SSSR count). The third-order valence-electron chi connectivity index (χ3n) is 2.51. The molecule has 88 valence electrons. The third-order valence-corrected chi connectivity index (χ3v) is 3.20. The zero-order valence-electron chi connectivity index (χ0n) is 9.59. The molecule has 2 N–H and O–H groups in total. The van der Waals surface area contributed by atoms with Crippen LogP contribution < -0.4 is 5.73 Å². The number of nitrogens with zero attached hydrogens (tertiary/aromatic N) is 1. The predicted molar refractivity (Wildman–Crippen MR) is 71.0 cm³/mol. The quantitative estimate of drug-likeness (QED) is 0.846. The number of hydrogen-bond acceptors (Lipinski definition) is 3. The second-order valence-corrected chi connectivity index (χ2v) is 4.69. The van der Waals surface area contributed by atoms with Crippen LogP contribution in [-0.4, -0.2) is 17.9 Å². The maximum Gasteiger partial charge on any atom is 0.254 e. The number of benzene rings is 1. The molecular formula is C13H14N2OS. The van der Waals surface area contributed by atoms with Crippen molar-refractivity contribution in [2.45, 2.75) is 6.54 Å². The maximum atomic E-state index is 12.0. The third kappa shape index (κ3) is 2.85. The molecule has 0 aliphatic carbocycles. The molecule has 2 aromatic rings. The number of amides is 1. The average Bonchev–Trinajstić information content (AvgIpc) is 2.84. The second-order valence-electron chi connectivity index (χ2n) is 3.91. The Morgan fingerprint density at radius 1 is 1.29 bits per heavy atom. The van der Waals surface area contributed by atoms with Crippen LogP contribution in [0.1, 0.15) is 15.9 Å². The van der Waals surface area contributed by atoms with Gasteiger partial charge in [0.25, 0.3) is 5.91 Å². The van der Waals surface area contributed by atoms with E-state index >= 15 is 0 Å². The molecule has 4 heteroatoms. The SMILES string of the molecule is CN(Cc1ccc(N)cc1)C(=O)c1ccsc1. The molecule has 1 amide bonds. The van der Waals surface area contributed by atoms with Crippen molar-refractivity contribution in [3.8, 4) is 0 Å². The highest BCUT2D eigenvalue weighted by Gasteiger charge is 2.11. The Bertz CT molecular complexity index is 491. The fourth-order valence-electron chi connectivity index (χ4n) is 1.58. The Kier molecular flexibility index (Phi) is 3.44. The normalized spacial score (nSPS) is 10.2. The first kappa shape index (κ1) is 11.7. The molecule has 1 heterocycles. The first-order chi connectivity index (χ1) is 8.16. The van der Waals surface area contributed by atoms with Crippen LogP contribution in [0, 0.1) is 0 Å². The molecule has 0 aliphatic rings. The van der Waals surface area contributed by atoms with Gasteiger partial charge in [0.05, 0.1) is 5.56 Å². The van der Waals surface area contributed by atoms with Crippen molar-refractivity contribution in [2.24, 2.45) is 0 Å². The molecule has 0 bridgehead atoms. The van der Waals surface area contributed by atoms with Gasteiger partial charge in [-0.2, -0.15) is 11.3 Å². The zero-order valence-corrected chi connectivity index (χ0v) is 10.4. The molecule has 1 aromatic heterocycles. The summed E-state index contributed by atoms with van der Waals surface area (Å²) in [5.74, 6) is 0.0445. The molecule has 0 saturated carbocycles. The van der Waals surface area contributed by atoms with Crippen molar-refractivity contribution in [3.05, 3.63) is 52.2 Å². The van der Waals surface area contributed by atoms with Crippen molar-refractivity contribution in [1.82, 2.24) is 4.90 Å². The summed E-state index contributed by atoms with van der Waals surface area (Å²) in [4.78, 5) is 13.7. The standard InChI is InChI=1S/C13H14N2OS/c1-15(13(16)11-6-7-17-9-11)8-10-2-4-12(14)5-3-10/h2-7,9H,8,14H2,1H3. The lowest BCUT2D eigenvalue weighted by molar-refractivity contribution is 0.0785. The summed E-state index contributed by atoms with van der Waals surface area (Å²) in [7, 11) is 1.80. The summed E-state index contributed by atoms with van der Waals surface area (Å²) in [6.07, 6.45) is 0. The van der Waals surface area contributed by atoms with Crippen LogP contribution >= 0.6 is 11.3 Å². The van der Waals surface area contributed by atoms with E-state index in [9.17, 15) is 4.79 Å². The summed E-state index contributed by atoms with van der Waals surface area (Å²) in [6, 6.07) is 9.41. The molecule has 0 spiro atoms. The van der Waals surface area contributed by atoms with Gasteiger partial charge in [-0.1, -0.05) is 12.1 Å². The van der Waals surface area contributed by atoms with Crippen LogP contribution in [0.25, 0.3) is 0 Å². The number of nitrogen functional groups attached to an aromatic ring is 1. The number of anilines is 1. The lowest BCUT2D eigenvalue weighted by Gasteiger charge is -2.16. The Hall–Kier alpha value is -1.81. The Morgan fingerprint density at radius 2 is 2.00 bits per heavy atom. The highest BCUT2D eigenvalue weighted by molar-refractivity contribution is 7.08. The highest BCUT2D eigenvalue weighted by atomic mass is 32.1. The topological polar surface area (TPSA) is 46.3 Å². The van der Waals surface area contributed by atoms with Crippen molar-refractivity contribution in [2.75, 3.05) is 12.8 Å². The summed E-state index contributed by atoms with van der Waals surface area (Å²) in [5, 5.41) is 3.77. The van der Waals surface area contributed by atoms with E-state index in [0.717, 1.165) is 16.8 Å². The summed E-state index contributed by atoms with van der Waals surface area (Å²) in [5.41, 5.74) is 8.17. The van der Waals surface area contributed by atoms with Gasteiger partial charge in [-0.15, -0.1) is 0 Å². The molecule has 3 nitrogen and oxygen atoms in total. The zero-order chi connectivity index (χ0) is 12.3. The molecular weight excluding hydrogens is 232 g/mol. The van der Waals surface area contributed by atoms with Crippen LogP contribution in [0.2, 0.25) is 0 Å². The molecule has 0 radical (unpaired) electrons. The Balaban J connectivity index is 2.04. The van der Waals surface area contributed by atoms with Gasteiger partial charge in [0.15, 0.2) is 0 Å². The number of carbonyl (C=O) groups excluding carboxylic acids is 1. The summed E-state index contributed by atoms with van der Waals surface area (Å²) < 4.78 is 0. The van der Waals surface area contributed by atoms with Crippen molar-refractivity contribution >= 4 is 22.9 Å². The Morgan fingerprint density at radius 3 is 2.59 bits per heavy atom. The number of carbonyl (C=O) groups is 1. The lowest BCUT2D eigenvalue weighted by atomic mass is 10.2. The van der Waals surface area contributed by atoms with Crippen LogP contribution in [-0.2, 0) is 6.54 Å². The molecule has 1 aromatic carbocycles. The fourth-order valence-corrected chi connectivity index (χ4v) is 2.20. The lowest BCUT2D eigenvalue weighted by Crippen LogP contribution is -2.25. The van der Waals surface area contributed by atoms with Crippen molar-refractivity contribution < 1.29 is 4.79 Å². The predicted octanol–water partition coefficient (Wildman–Crippen LogP) is 2.60. The number of nitrogens with two attached hydrogens (primary N) is 1. The van der Waals surface area contributed by atoms with Crippen molar-refractivity contribution in [1.29, 1.82) is 0 Å². The van der Waals surface area contributed by atoms with Crippen LogP contribution in [0.3, 0.4) is 0 Å². The van der Waals surface area contributed by atoms with Crippen LogP contribution in [0.15, 0.2) is 41.1 Å². The average molecular weight is 246 g/mol. The van der Waals surface area contributed by atoms with E-state index in [1.807, 2.05) is 41.1 Å². The van der Waals surface area contributed by atoms with Gasteiger partial charge in [-0.3, -0.25) is 4.79 Å². The van der Waals surface area contributed by atoms with Gasteiger partial charge in [0.1, 0.15) is 0 Å². The minimum Gasteiger partial charge on any atom is -0.399 e. The number of rotatable bonds is 3. The molecule has 0 atom stereocenters. The monoisotopic (exact) mass is 246 g/mol. The minimum atomic E-state index is 0.0445. The Labute approximate surface area is 104 Å². The van der Waals surface area contributed by atoms with E-state index in [2.05, 4.69) is 0 Å². The smallest absolute Gasteiger partial charge is 0.254 e. The van der Waals surface area contributed by atoms with E-state index in [0.29, 0.717) is 6.54 Å². The van der Waals surface area contributed by atoms with Gasteiger partial charge in [0, 0.05) is 24.7 Å². The van der Waals surface area contributed by atoms with Gasteiger partial charge < -0.3 is 10.6 Å². The molecule has 0 aliphatic heterocycles. The molecule has 17 heavy (non-hydrogen) atoms. The molecule has 0 fully saturated rings. The van der Waals surface area contributed by atoms with Crippen molar-refractivity contribution in [3.63, 3.8) is 0 Å². The largest absolute Gasteiger partial charge is 0.399 e. The fraction of sp³-hybridized carbons (Fsp3) is 0.154. The van der Waals surface area contributed by atoms with E-state index < -0.39 is 0 Å². The van der Waals surface area contributed by atoms with E-state index in [1.54, 1.807) is 11.9 Å². The minimum absolute atomic E-state index is 0.0445. The van der Waals surface area contributed by atoms with E-state index in [1.165, 1.54) is 11.3 Å². The van der Waals surface area contributed by atoms with Gasteiger partial charge >= 0.3 is 0 Å². The summed E-state index contributed by atoms with van der Waals surface area (Å²) >= 11 is 1.53. The summed E-state index contributed by atoms with van der Waals surface area (Å²) in [6.45, 7) is 0.592. The van der Waals surface area contributed by atoms with E-state index in [-0.39, 0.29) is 5.91 Å². The van der Waals surface area contributed by atoms with E-state index in [4.69, 9.17) is 5.73 Å². The number of hydrogen-bond donors (Lipinski definition) is 1. The van der Waals surface area contributed by atoms with Gasteiger partial charge in [-0.05, 0) is 29.1 Å². The first-order valence-corrected chi connectivity index (χ1v) is 6.23. The highest BCUT2D eigenvalue weighted by Crippen LogP contribution is 2.12. The van der Waals surface area contributed by atoms with Crippen LogP contribution in [0.5, 0.6) is 0 Å². The van der Waals surface area contributed by atoms with Crippen LogP contribution in [0.4, 0.5) is 5.69 Å². The maximum absolute atomic E-state index is 12.0. The van der Waals surface area contributed by atoms with Gasteiger partial charge in [-0.25, -0.2) is 0 Å². The first-order valence-electron chi connectivity index (χ1n) is 5.29. The molecule has 0 unspecified atom stereocenters. The molecule has 0 saturated heterocycles. The second kappa shape index (κ2) is 5.01. The number of thiophene rings is 1.